The highest BCUT2D eigenvalue weighted by atomic mass is 16.5. The van der Waals surface area contributed by atoms with Gasteiger partial charge in [0.05, 0.1) is 25.4 Å². The van der Waals surface area contributed by atoms with E-state index in [-0.39, 0.29) is 18.5 Å². The van der Waals surface area contributed by atoms with Gasteiger partial charge in [-0.05, 0) is 64.2 Å². The summed E-state index contributed by atoms with van der Waals surface area (Å²) < 4.78 is 5.45. The Morgan fingerprint density at radius 2 is 0.803 bits per heavy atom. The lowest BCUT2D eigenvalue weighted by Gasteiger charge is -2.20. The molecule has 0 heterocycles. The third kappa shape index (κ3) is 47.4. The molecule has 0 saturated heterocycles. The van der Waals surface area contributed by atoms with E-state index in [1.807, 2.05) is 6.08 Å². The highest BCUT2D eigenvalue weighted by Crippen LogP contribution is 2.16. The Labute approximate surface area is 379 Å². The fourth-order valence-corrected chi connectivity index (χ4v) is 8.04. The maximum Gasteiger partial charge on any atom is 0.305 e. The molecule has 6 heteroatoms. The molecule has 0 radical (unpaired) electrons. The van der Waals surface area contributed by atoms with Crippen LogP contribution in [0.15, 0.2) is 36.5 Å². The van der Waals surface area contributed by atoms with E-state index in [1.54, 1.807) is 6.08 Å². The molecule has 1 amide bonds. The number of rotatable bonds is 49. The molecule has 0 aromatic heterocycles. The quantitative estimate of drug-likeness (QED) is 0.0245. The lowest BCUT2D eigenvalue weighted by Crippen LogP contribution is -2.45. The molecule has 0 aromatic rings. The van der Waals surface area contributed by atoms with Crippen LogP contribution < -0.4 is 5.32 Å². The minimum Gasteiger partial charge on any atom is -0.466 e. The number of allylic oxidation sites excluding steroid dienone is 5. The van der Waals surface area contributed by atoms with Crippen molar-refractivity contribution in [3.8, 4) is 0 Å². The second kappa shape index (κ2) is 50.7. The van der Waals surface area contributed by atoms with Crippen molar-refractivity contribution in [3.05, 3.63) is 36.5 Å². The minimum atomic E-state index is -0.849. The van der Waals surface area contributed by atoms with Crippen LogP contribution in [0.2, 0.25) is 0 Å². The number of hydrogen-bond acceptors (Lipinski definition) is 5. The number of nitrogens with one attached hydrogen (secondary N) is 1. The largest absolute Gasteiger partial charge is 0.466 e. The Morgan fingerprint density at radius 1 is 0.459 bits per heavy atom. The summed E-state index contributed by atoms with van der Waals surface area (Å²) in [7, 11) is 0. The summed E-state index contributed by atoms with van der Waals surface area (Å²) >= 11 is 0. The molecule has 0 bridgehead atoms. The number of carbonyl (C=O) groups excluding carboxylic acids is 2. The van der Waals surface area contributed by atoms with E-state index >= 15 is 0 Å². The lowest BCUT2D eigenvalue weighted by molar-refractivity contribution is -0.143. The van der Waals surface area contributed by atoms with Crippen LogP contribution in [0.3, 0.4) is 0 Å². The Bertz CT molecular complexity index is 993. The summed E-state index contributed by atoms with van der Waals surface area (Å²) in [5.41, 5.74) is 0. The van der Waals surface area contributed by atoms with Gasteiger partial charge in [-0.25, -0.2) is 0 Å². The average Bonchev–Trinajstić information content (AvgIpc) is 3.26. The molecule has 358 valence electrons. The summed E-state index contributed by atoms with van der Waals surface area (Å²) in [4.78, 5) is 24.4. The Hall–Kier alpha value is -1.92. The third-order valence-corrected chi connectivity index (χ3v) is 12.2. The summed E-state index contributed by atoms with van der Waals surface area (Å²) in [6, 6.07) is -0.634. The van der Waals surface area contributed by atoms with Crippen LogP contribution in [0.25, 0.3) is 0 Å². The summed E-state index contributed by atoms with van der Waals surface area (Å²) in [5.74, 6) is -0.0922. The maximum atomic E-state index is 12.4. The number of aliphatic hydroxyl groups excluding tert-OH is 2. The fourth-order valence-electron chi connectivity index (χ4n) is 8.04. The van der Waals surface area contributed by atoms with Crippen LogP contribution in [-0.4, -0.2) is 47.4 Å². The van der Waals surface area contributed by atoms with E-state index < -0.39 is 12.1 Å². The van der Waals surface area contributed by atoms with Gasteiger partial charge in [-0.3, -0.25) is 9.59 Å². The third-order valence-electron chi connectivity index (χ3n) is 12.2. The van der Waals surface area contributed by atoms with Crippen LogP contribution in [0.5, 0.6) is 0 Å². The summed E-state index contributed by atoms with van der Waals surface area (Å²) in [6.07, 6.45) is 61.6. The molecule has 0 fully saturated rings. The standard InChI is InChI=1S/C55H103NO5/c1-3-5-7-9-11-13-15-16-22-26-29-33-37-41-45-49-55(60)61-50-46-42-38-34-30-27-24-21-19-17-18-20-23-25-28-32-36-40-44-48-54(59)56-52(51-57)53(58)47-43-39-35-31-14-12-10-8-6-4-2/h21,24,27,30,43,47,52-53,57-58H,3-20,22-23,25-26,28-29,31-42,44-46,48-51H2,1-2H3,(H,56,59)/b24-21-,30-27-,47-43+. The molecule has 0 aliphatic rings. The second-order valence-electron chi connectivity index (χ2n) is 18.2. The van der Waals surface area contributed by atoms with E-state index in [0.29, 0.717) is 19.4 Å². The van der Waals surface area contributed by atoms with Crippen LogP contribution in [-0.2, 0) is 14.3 Å². The molecule has 2 atom stereocenters. The molecule has 3 N–H and O–H groups in total. The first-order chi connectivity index (χ1) is 30.0. The van der Waals surface area contributed by atoms with Crippen LogP contribution in [0.1, 0.15) is 277 Å². The summed E-state index contributed by atoms with van der Waals surface area (Å²) in [6.45, 7) is 4.84. The molecule has 0 aromatic carbocycles. The van der Waals surface area contributed by atoms with E-state index in [0.717, 1.165) is 77.0 Å². The van der Waals surface area contributed by atoms with E-state index in [4.69, 9.17) is 4.74 Å². The zero-order valence-corrected chi connectivity index (χ0v) is 40.6. The zero-order valence-electron chi connectivity index (χ0n) is 40.6. The topological polar surface area (TPSA) is 95.9 Å². The van der Waals surface area contributed by atoms with Gasteiger partial charge in [0.25, 0.3) is 0 Å². The smallest absolute Gasteiger partial charge is 0.305 e. The van der Waals surface area contributed by atoms with Gasteiger partial charge in [-0.15, -0.1) is 0 Å². The van der Waals surface area contributed by atoms with E-state index in [1.165, 1.54) is 173 Å². The first kappa shape index (κ1) is 59.1. The number of ether oxygens (including phenoxy) is 1. The van der Waals surface area contributed by atoms with Gasteiger partial charge in [-0.2, -0.15) is 0 Å². The van der Waals surface area contributed by atoms with Crippen LogP contribution in [0, 0.1) is 0 Å². The summed E-state index contributed by atoms with van der Waals surface area (Å²) in [5, 5.41) is 22.9. The van der Waals surface area contributed by atoms with Gasteiger partial charge in [-0.1, -0.05) is 237 Å². The van der Waals surface area contributed by atoms with Crippen molar-refractivity contribution in [2.45, 2.75) is 289 Å². The number of esters is 1. The van der Waals surface area contributed by atoms with Crippen LogP contribution >= 0.6 is 0 Å². The normalized spacial score (nSPS) is 12.9. The van der Waals surface area contributed by atoms with Gasteiger partial charge in [0.15, 0.2) is 0 Å². The molecule has 0 saturated carbocycles. The van der Waals surface area contributed by atoms with Gasteiger partial charge >= 0.3 is 5.97 Å². The van der Waals surface area contributed by atoms with E-state index in [2.05, 4.69) is 43.5 Å². The first-order valence-electron chi connectivity index (χ1n) is 26.8. The van der Waals surface area contributed by atoms with Crippen molar-refractivity contribution < 1.29 is 24.5 Å². The van der Waals surface area contributed by atoms with Gasteiger partial charge < -0.3 is 20.3 Å². The maximum absolute atomic E-state index is 12.4. The van der Waals surface area contributed by atoms with Crippen molar-refractivity contribution in [1.29, 1.82) is 0 Å². The predicted octanol–water partition coefficient (Wildman–Crippen LogP) is 16.1. The number of hydrogen-bond donors (Lipinski definition) is 3. The fraction of sp³-hybridized carbons (Fsp3) is 0.855. The highest BCUT2D eigenvalue weighted by molar-refractivity contribution is 5.76. The van der Waals surface area contributed by atoms with E-state index in [9.17, 15) is 19.8 Å². The van der Waals surface area contributed by atoms with Crippen molar-refractivity contribution in [2.75, 3.05) is 13.2 Å². The van der Waals surface area contributed by atoms with Crippen molar-refractivity contribution >= 4 is 11.9 Å². The molecule has 6 nitrogen and oxygen atoms in total. The van der Waals surface area contributed by atoms with Gasteiger partial charge in [0, 0.05) is 12.8 Å². The number of aliphatic hydroxyl groups is 2. The molecule has 0 rings (SSSR count). The molecule has 61 heavy (non-hydrogen) atoms. The van der Waals surface area contributed by atoms with Crippen molar-refractivity contribution in [3.63, 3.8) is 0 Å². The molecule has 0 spiro atoms. The molecular weight excluding hydrogens is 755 g/mol. The van der Waals surface area contributed by atoms with Crippen LogP contribution in [0.4, 0.5) is 0 Å². The number of unbranched alkanes of at least 4 members (excludes halogenated alkanes) is 35. The first-order valence-corrected chi connectivity index (χ1v) is 26.8. The SMILES string of the molecule is CCCCCCCCCC/C=C/C(O)C(CO)NC(=O)CCCCCCCCCCCC/C=C\C=C/CCCCCOC(=O)CCCCCCCCCCCCCCCCC. The van der Waals surface area contributed by atoms with Gasteiger partial charge in [0.1, 0.15) is 0 Å². The number of carbonyl (C=O) groups is 2. The monoisotopic (exact) mass is 858 g/mol. The van der Waals surface area contributed by atoms with Crippen molar-refractivity contribution in [2.24, 2.45) is 0 Å². The lowest BCUT2D eigenvalue weighted by atomic mass is 10.0. The molecule has 2 unspecified atom stereocenters. The number of amides is 1. The Morgan fingerprint density at radius 3 is 1.21 bits per heavy atom. The Kier molecular flexibility index (Phi) is 49.1. The van der Waals surface area contributed by atoms with Crippen molar-refractivity contribution in [1.82, 2.24) is 5.32 Å². The Balaban J connectivity index is 3.48. The predicted molar refractivity (Wildman–Crippen MR) is 264 cm³/mol. The highest BCUT2D eigenvalue weighted by Gasteiger charge is 2.18. The second-order valence-corrected chi connectivity index (χ2v) is 18.2. The zero-order chi connectivity index (χ0) is 44.4. The molecule has 0 aliphatic heterocycles. The molecular formula is C55H103NO5. The minimum absolute atomic E-state index is 0.0119. The average molecular weight is 858 g/mol. The van der Waals surface area contributed by atoms with Gasteiger partial charge in [0.2, 0.25) is 5.91 Å². The molecule has 0 aliphatic carbocycles.